The molecule has 0 aliphatic rings. The van der Waals surface area contributed by atoms with Gasteiger partial charge in [0.1, 0.15) is 0 Å². The van der Waals surface area contributed by atoms with Crippen molar-refractivity contribution < 1.29 is 13.2 Å². The lowest BCUT2D eigenvalue weighted by Crippen LogP contribution is -2.32. The van der Waals surface area contributed by atoms with E-state index in [1.807, 2.05) is 20.8 Å². The van der Waals surface area contributed by atoms with Crippen molar-refractivity contribution in [3.63, 3.8) is 0 Å². The Kier molecular flexibility index (Phi) is 5.17. The fourth-order valence-electron chi connectivity index (χ4n) is 2.76. The number of hydrogen-bond acceptors (Lipinski definition) is 3. The molecule has 1 rings (SSSR count). The maximum absolute atomic E-state index is 12.6. The highest BCUT2D eigenvalue weighted by Gasteiger charge is 2.24. The summed E-state index contributed by atoms with van der Waals surface area (Å²) in [5, 5.41) is 5.28. The van der Waals surface area contributed by atoms with Crippen molar-refractivity contribution in [3.8, 4) is 0 Å². The summed E-state index contributed by atoms with van der Waals surface area (Å²) in [6, 6.07) is 1.70. The van der Waals surface area contributed by atoms with E-state index in [0.717, 1.165) is 5.56 Å². The molecule has 0 aliphatic carbocycles. The largest absolute Gasteiger partial charge is 0.341 e. The number of aryl methyl sites for hydroxylation is 2. The molecule has 0 unspecified atom stereocenters. The molecule has 0 atom stereocenters. The summed E-state index contributed by atoms with van der Waals surface area (Å²) in [5.74, 6) is 0.159. The lowest BCUT2D eigenvalue weighted by Gasteiger charge is -2.23. The summed E-state index contributed by atoms with van der Waals surface area (Å²) in [7, 11) is -2.14. The van der Waals surface area contributed by atoms with Crippen LogP contribution in [0, 0.1) is 26.7 Å². The number of nitrogens with two attached hydrogens (primary N) is 1. The molecule has 0 spiro atoms. The average molecular weight is 312 g/mol. The van der Waals surface area contributed by atoms with Gasteiger partial charge in [-0.2, -0.15) is 0 Å². The highest BCUT2D eigenvalue weighted by Crippen LogP contribution is 2.26. The number of amides is 1. The average Bonchev–Trinajstić information content (AvgIpc) is 2.24. The highest BCUT2D eigenvalue weighted by atomic mass is 32.2. The van der Waals surface area contributed by atoms with Crippen LogP contribution in [0.15, 0.2) is 11.0 Å². The monoisotopic (exact) mass is 312 g/mol. The quantitative estimate of drug-likeness (QED) is 0.923. The first-order chi connectivity index (χ1) is 9.46. The van der Waals surface area contributed by atoms with Crippen LogP contribution >= 0.6 is 0 Å². The summed E-state index contributed by atoms with van der Waals surface area (Å²) < 4.78 is 23.5. The Morgan fingerprint density at radius 1 is 1.24 bits per heavy atom. The Morgan fingerprint density at radius 3 is 2.19 bits per heavy atom. The summed E-state index contributed by atoms with van der Waals surface area (Å²) in [6.45, 7) is 9.78. The molecule has 1 aromatic rings. The van der Waals surface area contributed by atoms with E-state index in [-0.39, 0.29) is 10.8 Å². The minimum Gasteiger partial charge on any atom is -0.341 e. The highest BCUT2D eigenvalue weighted by molar-refractivity contribution is 7.89. The van der Waals surface area contributed by atoms with Gasteiger partial charge in [0.2, 0.25) is 10.0 Å². The molecule has 118 valence electrons. The van der Waals surface area contributed by atoms with Crippen molar-refractivity contribution in [2.24, 2.45) is 11.1 Å². The minimum absolute atomic E-state index is 0.0504. The van der Waals surface area contributed by atoms with E-state index in [1.54, 1.807) is 31.9 Å². The van der Waals surface area contributed by atoms with Crippen LogP contribution in [0.1, 0.15) is 40.9 Å². The summed E-state index contributed by atoms with van der Waals surface area (Å²) in [6.07, 6.45) is 0. The molecule has 21 heavy (non-hydrogen) atoms. The molecule has 0 saturated carbocycles. The van der Waals surface area contributed by atoms with E-state index < -0.39 is 10.0 Å². The van der Waals surface area contributed by atoms with Crippen LogP contribution in [-0.4, -0.2) is 32.8 Å². The molecule has 0 heterocycles. The SMILES string of the molecule is Cc1cc(C)c(S(N)(=O)=O)c(C)c1C(=O)N(C)CC(C)C. The van der Waals surface area contributed by atoms with Gasteiger partial charge in [0.05, 0.1) is 4.90 Å². The first-order valence-electron chi connectivity index (χ1n) is 6.85. The molecule has 0 bridgehead atoms. The third kappa shape index (κ3) is 3.83. The maximum Gasteiger partial charge on any atom is 0.254 e. The number of sulfonamides is 1. The lowest BCUT2D eigenvalue weighted by molar-refractivity contribution is 0.0777. The molecule has 0 fully saturated rings. The molecule has 5 nitrogen and oxygen atoms in total. The fraction of sp³-hybridized carbons (Fsp3) is 0.533. The van der Waals surface area contributed by atoms with Crippen molar-refractivity contribution in [2.75, 3.05) is 13.6 Å². The van der Waals surface area contributed by atoms with Gasteiger partial charge in [-0.3, -0.25) is 4.79 Å². The van der Waals surface area contributed by atoms with E-state index in [9.17, 15) is 13.2 Å². The van der Waals surface area contributed by atoms with E-state index in [1.165, 1.54) is 0 Å². The maximum atomic E-state index is 12.6. The third-order valence-corrected chi connectivity index (χ3v) is 4.58. The Hall–Kier alpha value is -1.40. The Morgan fingerprint density at radius 2 is 1.76 bits per heavy atom. The Bertz CT molecular complexity index is 664. The zero-order valence-corrected chi connectivity index (χ0v) is 14.3. The Balaban J connectivity index is 3.48. The summed E-state index contributed by atoms with van der Waals surface area (Å²) in [5.41, 5.74) is 2.18. The van der Waals surface area contributed by atoms with Gasteiger partial charge in [-0.05, 0) is 43.4 Å². The van der Waals surface area contributed by atoms with Crippen LogP contribution in [-0.2, 0) is 10.0 Å². The van der Waals surface area contributed by atoms with Crippen molar-refractivity contribution in [1.29, 1.82) is 0 Å². The van der Waals surface area contributed by atoms with Gasteiger partial charge >= 0.3 is 0 Å². The van der Waals surface area contributed by atoms with Crippen LogP contribution < -0.4 is 5.14 Å². The molecule has 1 aromatic carbocycles. The predicted molar refractivity (Wildman–Crippen MR) is 83.8 cm³/mol. The number of nitrogens with zero attached hydrogens (tertiary/aromatic N) is 1. The van der Waals surface area contributed by atoms with Crippen molar-refractivity contribution >= 4 is 15.9 Å². The second-order valence-electron chi connectivity index (χ2n) is 5.96. The van der Waals surface area contributed by atoms with Crippen molar-refractivity contribution in [2.45, 2.75) is 39.5 Å². The predicted octanol–water partition coefficient (Wildman–Crippen LogP) is 1.99. The standard InChI is InChI=1S/C15H24N2O3S/c1-9(2)8-17(6)15(18)13-10(3)7-11(4)14(12(13)5)21(16,19)20/h7,9H,8H2,1-6H3,(H2,16,19,20). The molecular formula is C15H24N2O3S. The smallest absolute Gasteiger partial charge is 0.254 e. The van der Waals surface area contributed by atoms with Crippen LogP contribution in [0.5, 0.6) is 0 Å². The molecule has 0 aliphatic heterocycles. The molecule has 2 N–H and O–H groups in total. The minimum atomic E-state index is -3.86. The first-order valence-corrected chi connectivity index (χ1v) is 8.40. The van der Waals surface area contributed by atoms with E-state index in [4.69, 9.17) is 5.14 Å². The molecule has 1 amide bonds. The van der Waals surface area contributed by atoms with Crippen LogP contribution in [0.4, 0.5) is 0 Å². The molecular weight excluding hydrogens is 288 g/mol. The number of rotatable bonds is 4. The Labute approximate surface area is 127 Å². The number of benzene rings is 1. The summed E-state index contributed by atoms with van der Waals surface area (Å²) in [4.78, 5) is 14.3. The van der Waals surface area contributed by atoms with Gasteiger partial charge in [-0.1, -0.05) is 19.9 Å². The summed E-state index contributed by atoms with van der Waals surface area (Å²) >= 11 is 0. The van der Waals surface area contributed by atoms with Crippen molar-refractivity contribution in [1.82, 2.24) is 4.90 Å². The van der Waals surface area contributed by atoms with Crippen LogP contribution in [0.25, 0.3) is 0 Å². The molecule has 6 heteroatoms. The third-order valence-electron chi connectivity index (χ3n) is 3.39. The van der Waals surface area contributed by atoms with E-state index >= 15 is 0 Å². The number of hydrogen-bond donors (Lipinski definition) is 1. The van der Waals surface area contributed by atoms with Gasteiger partial charge in [0.15, 0.2) is 0 Å². The molecule has 0 saturated heterocycles. The van der Waals surface area contributed by atoms with Gasteiger partial charge < -0.3 is 4.90 Å². The fourth-order valence-corrected chi connectivity index (χ4v) is 3.79. The molecule has 0 radical (unpaired) electrons. The van der Waals surface area contributed by atoms with E-state index in [0.29, 0.717) is 29.2 Å². The van der Waals surface area contributed by atoms with Crippen LogP contribution in [0.2, 0.25) is 0 Å². The number of carbonyl (C=O) groups excluding carboxylic acids is 1. The number of primary sulfonamides is 1. The second kappa shape index (κ2) is 6.15. The normalized spacial score (nSPS) is 11.8. The number of carbonyl (C=O) groups is 1. The van der Waals surface area contributed by atoms with Crippen molar-refractivity contribution in [3.05, 3.63) is 28.3 Å². The van der Waals surface area contributed by atoms with Gasteiger partial charge in [-0.15, -0.1) is 0 Å². The zero-order chi connectivity index (χ0) is 16.5. The topological polar surface area (TPSA) is 80.5 Å². The van der Waals surface area contributed by atoms with Gasteiger partial charge in [0, 0.05) is 19.2 Å². The van der Waals surface area contributed by atoms with Crippen LogP contribution in [0.3, 0.4) is 0 Å². The lowest BCUT2D eigenvalue weighted by atomic mass is 9.98. The van der Waals surface area contributed by atoms with Gasteiger partial charge in [0.25, 0.3) is 5.91 Å². The zero-order valence-electron chi connectivity index (χ0n) is 13.5. The van der Waals surface area contributed by atoms with Gasteiger partial charge in [-0.25, -0.2) is 13.6 Å². The van der Waals surface area contributed by atoms with E-state index in [2.05, 4.69) is 0 Å². The molecule has 0 aromatic heterocycles. The first kappa shape index (κ1) is 17.7. The second-order valence-corrected chi connectivity index (χ2v) is 7.46.